The molecule has 0 heterocycles. The zero-order valence-electron chi connectivity index (χ0n) is 10.4. The topological polar surface area (TPSA) is 121 Å². The van der Waals surface area contributed by atoms with Gasteiger partial charge in [-0.2, -0.15) is 0 Å². The van der Waals surface area contributed by atoms with Crippen LogP contribution in [0.1, 0.15) is 32.1 Å². The molecule has 1 rings (SSSR count). The Labute approximate surface area is 107 Å². The number of rotatable bonds is 6. The van der Waals surface area contributed by atoms with Crippen molar-refractivity contribution in [3.05, 3.63) is 0 Å². The molecular weight excluding hydrogens is 240 g/mol. The minimum Gasteiger partial charge on any atom is -0.394 e. The summed E-state index contributed by atoms with van der Waals surface area (Å²) in [6.45, 7) is -0.718. The molecule has 0 spiro atoms. The molecule has 108 valence electrons. The van der Waals surface area contributed by atoms with Gasteiger partial charge < -0.3 is 30.6 Å². The first-order valence-electron chi connectivity index (χ1n) is 6.50. The normalized spacial score (nSPS) is 26.3. The lowest BCUT2D eigenvalue weighted by Gasteiger charge is -2.34. The van der Waals surface area contributed by atoms with Crippen molar-refractivity contribution < 1.29 is 30.6 Å². The summed E-state index contributed by atoms with van der Waals surface area (Å²) in [5.41, 5.74) is 0. The van der Waals surface area contributed by atoms with Gasteiger partial charge in [0.25, 0.3) is 0 Å². The van der Waals surface area contributed by atoms with Crippen molar-refractivity contribution in [2.75, 3.05) is 6.61 Å². The minimum absolute atomic E-state index is 0.0955. The summed E-state index contributed by atoms with van der Waals surface area (Å²) in [6, 6.07) is 0. The van der Waals surface area contributed by atoms with Crippen molar-refractivity contribution in [3.8, 4) is 0 Å². The van der Waals surface area contributed by atoms with Crippen LogP contribution in [0.3, 0.4) is 0 Å². The maximum Gasteiger partial charge on any atom is 0.111 e. The quantitative estimate of drug-likeness (QED) is 0.342. The summed E-state index contributed by atoms with van der Waals surface area (Å²) in [7, 11) is 0. The smallest absolute Gasteiger partial charge is 0.111 e. The Morgan fingerprint density at radius 2 is 1.33 bits per heavy atom. The Kier molecular flexibility index (Phi) is 6.48. The van der Waals surface area contributed by atoms with Crippen molar-refractivity contribution in [1.82, 2.24) is 0 Å². The Balaban J connectivity index is 2.53. The van der Waals surface area contributed by atoms with E-state index in [4.69, 9.17) is 5.11 Å². The van der Waals surface area contributed by atoms with Gasteiger partial charge in [0.2, 0.25) is 0 Å². The molecule has 6 nitrogen and oxygen atoms in total. The van der Waals surface area contributed by atoms with E-state index in [-0.39, 0.29) is 5.92 Å². The SMILES string of the molecule is OC[C@@H](O)[C@@H](O)[C@H](O)[C@H](O)C(O)C1CCCCC1. The molecule has 0 saturated heterocycles. The Morgan fingerprint density at radius 3 is 1.83 bits per heavy atom. The lowest BCUT2D eigenvalue weighted by Crippen LogP contribution is -2.51. The molecule has 0 amide bonds. The number of aliphatic hydroxyl groups is 6. The molecule has 1 saturated carbocycles. The van der Waals surface area contributed by atoms with Crippen molar-refractivity contribution in [3.63, 3.8) is 0 Å². The molecule has 1 aliphatic rings. The second kappa shape index (κ2) is 7.37. The molecule has 18 heavy (non-hydrogen) atoms. The lowest BCUT2D eigenvalue weighted by atomic mass is 9.81. The number of hydrogen-bond acceptors (Lipinski definition) is 6. The van der Waals surface area contributed by atoms with Crippen molar-refractivity contribution in [2.24, 2.45) is 5.92 Å². The monoisotopic (exact) mass is 264 g/mol. The zero-order chi connectivity index (χ0) is 13.7. The van der Waals surface area contributed by atoms with Crippen molar-refractivity contribution in [2.45, 2.75) is 62.6 Å². The molecule has 0 aromatic rings. The van der Waals surface area contributed by atoms with E-state index in [0.717, 1.165) is 32.1 Å². The van der Waals surface area contributed by atoms with Gasteiger partial charge in [0.05, 0.1) is 12.7 Å². The fourth-order valence-electron chi connectivity index (χ4n) is 2.49. The molecule has 0 aromatic heterocycles. The molecule has 6 heteroatoms. The third-order valence-electron chi connectivity index (χ3n) is 3.76. The maximum absolute atomic E-state index is 9.95. The highest BCUT2D eigenvalue weighted by Crippen LogP contribution is 2.28. The highest BCUT2D eigenvalue weighted by molar-refractivity contribution is 4.88. The van der Waals surface area contributed by atoms with Gasteiger partial charge in [-0.05, 0) is 18.8 Å². The second-order valence-electron chi connectivity index (χ2n) is 5.11. The minimum atomic E-state index is -1.68. The third-order valence-corrected chi connectivity index (χ3v) is 3.76. The van der Waals surface area contributed by atoms with Crippen LogP contribution in [0.25, 0.3) is 0 Å². The molecule has 0 radical (unpaired) electrons. The van der Waals surface area contributed by atoms with Crippen LogP contribution in [0.4, 0.5) is 0 Å². The Hall–Kier alpha value is -0.240. The standard InChI is InChI=1S/C12H24O6/c13-6-8(14)10(16)12(18)11(17)9(15)7-4-2-1-3-5-7/h7-18H,1-6H2/t8-,9?,10-,11-,12+/m1/s1. The van der Waals surface area contributed by atoms with E-state index in [1.54, 1.807) is 0 Å². The summed E-state index contributed by atoms with van der Waals surface area (Å²) in [6.07, 6.45) is -2.91. The predicted octanol–water partition coefficient (Wildman–Crippen LogP) is -1.64. The van der Waals surface area contributed by atoms with E-state index < -0.39 is 37.1 Å². The van der Waals surface area contributed by atoms with E-state index in [2.05, 4.69) is 0 Å². The average Bonchev–Trinajstić information content (AvgIpc) is 2.44. The molecule has 6 N–H and O–H groups in total. The van der Waals surface area contributed by atoms with Gasteiger partial charge in [-0.25, -0.2) is 0 Å². The van der Waals surface area contributed by atoms with Crippen LogP contribution in [0, 0.1) is 5.92 Å². The van der Waals surface area contributed by atoms with E-state index in [1.165, 1.54) is 0 Å². The second-order valence-corrected chi connectivity index (χ2v) is 5.11. The van der Waals surface area contributed by atoms with E-state index >= 15 is 0 Å². The maximum atomic E-state index is 9.95. The predicted molar refractivity (Wildman–Crippen MR) is 63.7 cm³/mol. The molecule has 0 aliphatic heterocycles. The molecule has 1 fully saturated rings. The molecule has 5 atom stereocenters. The fraction of sp³-hybridized carbons (Fsp3) is 1.00. The van der Waals surface area contributed by atoms with Crippen LogP contribution in [0.5, 0.6) is 0 Å². The van der Waals surface area contributed by atoms with E-state index in [1.807, 2.05) is 0 Å². The molecule has 1 unspecified atom stereocenters. The molecule has 0 aromatic carbocycles. The van der Waals surface area contributed by atoms with Crippen molar-refractivity contribution in [1.29, 1.82) is 0 Å². The first kappa shape index (κ1) is 15.8. The van der Waals surface area contributed by atoms with E-state index in [9.17, 15) is 25.5 Å². The Bertz CT molecular complexity index is 223. The Morgan fingerprint density at radius 1 is 0.778 bits per heavy atom. The van der Waals surface area contributed by atoms with Gasteiger partial charge in [0.15, 0.2) is 0 Å². The van der Waals surface area contributed by atoms with E-state index in [0.29, 0.717) is 0 Å². The first-order chi connectivity index (χ1) is 8.49. The van der Waals surface area contributed by atoms with Crippen LogP contribution in [-0.4, -0.2) is 67.8 Å². The number of aliphatic hydroxyl groups excluding tert-OH is 6. The van der Waals surface area contributed by atoms with Gasteiger partial charge >= 0.3 is 0 Å². The van der Waals surface area contributed by atoms with Gasteiger partial charge in [-0.1, -0.05) is 19.3 Å². The number of hydrogen-bond donors (Lipinski definition) is 6. The summed E-state index contributed by atoms with van der Waals surface area (Å²) in [4.78, 5) is 0. The highest BCUT2D eigenvalue weighted by atomic mass is 16.4. The van der Waals surface area contributed by atoms with Gasteiger partial charge in [-0.15, -0.1) is 0 Å². The summed E-state index contributed by atoms with van der Waals surface area (Å²) < 4.78 is 0. The van der Waals surface area contributed by atoms with Crippen molar-refractivity contribution >= 4 is 0 Å². The first-order valence-corrected chi connectivity index (χ1v) is 6.50. The van der Waals surface area contributed by atoms with Crippen LogP contribution in [0.2, 0.25) is 0 Å². The molecular formula is C12H24O6. The largest absolute Gasteiger partial charge is 0.394 e. The summed E-state index contributed by atoms with van der Waals surface area (Å²) >= 11 is 0. The molecule has 1 aliphatic carbocycles. The summed E-state index contributed by atoms with van der Waals surface area (Å²) in [5.74, 6) is -0.0955. The van der Waals surface area contributed by atoms with Gasteiger partial charge in [0, 0.05) is 0 Å². The fourth-order valence-corrected chi connectivity index (χ4v) is 2.49. The molecule has 0 bridgehead atoms. The van der Waals surface area contributed by atoms with Crippen LogP contribution in [0.15, 0.2) is 0 Å². The van der Waals surface area contributed by atoms with Gasteiger partial charge in [-0.3, -0.25) is 0 Å². The van der Waals surface area contributed by atoms with Crippen LogP contribution >= 0.6 is 0 Å². The lowest BCUT2D eigenvalue weighted by molar-refractivity contribution is -0.150. The highest BCUT2D eigenvalue weighted by Gasteiger charge is 2.37. The average molecular weight is 264 g/mol. The third kappa shape index (κ3) is 3.88. The van der Waals surface area contributed by atoms with Gasteiger partial charge in [0.1, 0.15) is 24.4 Å². The zero-order valence-corrected chi connectivity index (χ0v) is 10.4. The van der Waals surface area contributed by atoms with Crippen LogP contribution < -0.4 is 0 Å². The van der Waals surface area contributed by atoms with Crippen LogP contribution in [-0.2, 0) is 0 Å². The summed E-state index contributed by atoms with van der Waals surface area (Å²) in [5, 5.41) is 56.7.